The molecule has 26 heavy (non-hydrogen) atoms. The number of nitrogens with one attached hydrogen (secondary N) is 1. The smallest absolute Gasteiger partial charge is 0.248 e. The molecule has 0 aliphatic heterocycles. The fourth-order valence-corrected chi connectivity index (χ4v) is 2.10. The average molecular weight is 355 g/mol. The highest BCUT2D eigenvalue weighted by atomic mass is 16.5. The van der Waals surface area contributed by atoms with Gasteiger partial charge >= 0.3 is 0 Å². The van der Waals surface area contributed by atoms with Crippen LogP contribution in [0.15, 0.2) is 48.5 Å². The van der Waals surface area contributed by atoms with Crippen molar-refractivity contribution in [1.29, 1.82) is 5.26 Å². The molecule has 4 N–H and O–H groups in total. The van der Waals surface area contributed by atoms with E-state index in [0.29, 0.717) is 42.3 Å². The minimum Gasteiger partial charge on any atom is -0.492 e. The highest BCUT2D eigenvalue weighted by Crippen LogP contribution is 2.12. The van der Waals surface area contributed by atoms with Crippen molar-refractivity contribution in [2.45, 2.75) is 6.10 Å². The second kappa shape index (κ2) is 10.0. The van der Waals surface area contributed by atoms with Gasteiger partial charge in [0.1, 0.15) is 30.8 Å². The Balaban J connectivity index is 1.58. The number of benzene rings is 2. The number of aliphatic hydroxyl groups excluding tert-OH is 1. The fourth-order valence-electron chi connectivity index (χ4n) is 2.10. The van der Waals surface area contributed by atoms with E-state index in [9.17, 15) is 9.90 Å². The van der Waals surface area contributed by atoms with Crippen LogP contribution in [-0.2, 0) is 0 Å². The molecule has 1 amide bonds. The van der Waals surface area contributed by atoms with Crippen LogP contribution in [0.2, 0.25) is 0 Å². The Morgan fingerprint density at radius 1 is 1.12 bits per heavy atom. The molecule has 1 atom stereocenters. The molecule has 0 saturated heterocycles. The number of nitrogens with two attached hydrogens (primary N) is 1. The van der Waals surface area contributed by atoms with Gasteiger partial charge in [-0.05, 0) is 48.5 Å². The minimum absolute atomic E-state index is 0.147. The molecular weight excluding hydrogens is 334 g/mol. The predicted molar refractivity (Wildman–Crippen MR) is 96.0 cm³/mol. The molecule has 0 aromatic heterocycles. The molecule has 0 aliphatic rings. The van der Waals surface area contributed by atoms with Crippen LogP contribution in [0.3, 0.4) is 0 Å². The van der Waals surface area contributed by atoms with Crippen molar-refractivity contribution >= 4 is 5.91 Å². The lowest BCUT2D eigenvalue weighted by atomic mass is 10.2. The van der Waals surface area contributed by atoms with Gasteiger partial charge in [-0.2, -0.15) is 5.26 Å². The topological polar surface area (TPSA) is 118 Å². The third kappa shape index (κ3) is 6.43. The number of carbonyl (C=O) groups excluding carboxylic acids is 1. The number of aliphatic hydroxyl groups is 1. The molecule has 0 heterocycles. The first-order valence-corrected chi connectivity index (χ1v) is 8.13. The van der Waals surface area contributed by atoms with Crippen LogP contribution in [0.5, 0.6) is 11.5 Å². The van der Waals surface area contributed by atoms with Crippen LogP contribution in [-0.4, -0.2) is 43.4 Å². The Bertz CT molecular complexity index is 739. The van der Waals surface area contributed by atoms with Gasteiger partial charge in [-0.25, -0.2) is 0 Å². The van der Waals surface area contributed by atoms with Gasteiger partial charge in [0.2, 0.25) is 5.91 Å². The van der Waals surface area contributed by atoms with Gasteiger partial charge in [0, 0.05) is 18.7 Å². The third-order valence-corrected chi connectivity index (χ3v) is 3.49. The van der Waals surface area contributed by atoms with E-state index in [2.05, 4.69) is 5.32 Å². The highest BCUT2D eigenvalue weighted by molar-refractivity contribution is 5.92. The lowest BCUT2D eigenvalue weighted by Crippen LogP contribution is -2.33. The van der Waals surface area contributed by atoms with Gasteiger partial charge < -0.3 is 25.6 Å². The maximum absolute atomic E-state index is 11.0. The molecule has 0 fully saturated rings. The SMILES string of the molecule is N#Cc1ccc(OCC(O)CNCCOc2ccc(C(N)=O)cc2)cc1. The van der Waals surface area contributed by atoms with Crippen LogP contribution >= 0.6 is 0 Å². The van der Waals surface area contributed by atoms with Crippen LogP contribution in [0.25, 0.3) is 0 Å². The lowest BCUT2D eigenvalue weighted by molar-refractivity contribution is 0.1000. The number of amides is 1. The van der Waals surface area contributed by atoms with E-state index in [-0.39, 0.29) is 6.61 Å². The van der Waals surface area contributed by atoms with Crippen molar-refractivity contribution in [1.82, 2.24) is 5.32 Å². The summed E-state index contributed by atoms with van der Waals surface area (Å²) in [6.07, 6.45) is -0.666. The fraction of sp³-hybridized carbons (Fsp3) is 0.263. The highest BCUT2D eigenvalue weighted by Gasteiger charge is 2.05. The number of hydrogen-bond acceptors (Lipinski definition) is 6. The zero-order valence-electron chi connectivity index (χ0n) is 14.2. The molecule has 7 heteroatoms. The van der Waals surface area contributed by atoms with Gasteiger partial charge in [0.15, 0.2) is 0 Å². The Kier molecular flexibility index (Phi) is 7.43. The van der Waals surface area contributed by atoms with E-state index in [1.54, 1.807) is 48.5 Å². The van der Waals surface area contributed by atoms with E-state index in [0.717, 1.165) is 0 Å². The number of ether oxygens (including phenoxy) is 2. The van der Waals surface area contributed by atoms with Crippen LogP contribution in [0.1, 0.15) is 15.9 Å². The normalized spacial score (nSPS) is 11.4. The summed E-state index contributed by atoms with van der Waals surface area (Å²) in [5.74, 6) is 0.766. The lowest BCUT2D eigenvalue weighted by Gasteiger charge is -2.13. The van der Waals surface area contributed by atoms with E-state index in [1.807, 2.05) is 6.07 Å². The molecule has 136 valence electrons. The zero-order chi connectivity index (χ0) is 18.8. The van der Waals surface area contributed by atoms with E-state index in [1.165, 1.54) is 0 Å². The summed E-state index contributed by atoms with van der Waals surface area (Å²) >= 11 is 0. The number of hydrogen-bond donors (Lipinski definition) is 3. The van der Waals surface area contributed by atoms with Crippen LogP contribution < -0.4 is 20.5 Å². The number of carbonyl (C=O) groups is 1. The number of nitrogens with zero attached hydrogens (tertiary/aromatic N) is 1. The zero-order valence-corrected chi connectivity index (χ0v) is 14.2. The van der Waals surface area contributed by atoms with Crippen LogP contribution in [0, 0.1) is 11.3 Å². The first-order valence-electron chi connectivity index (χ1n) is 8.13. The van der Waals surface area contributed by atoms with Crippen molar-refractivity contribution in [3.63, 3.8) is 0 Å². The van der Waals surface area contributed by atoms with Crippen molar-refractivity contribution < 1.29 is 19.4 Å². The van der Waals surface area contributed by atoms with Gasteiger partial charge in [-0.1, -0.05) is 0 Å². The molecule has 0 spiro atoms. The quantitative estimate of drug-likeness (QED) is 0.549. The number of nitriles is 1. The molecule has 2 rings (SSSR count). The van der Waals surface area contributed by atoms with E-state index >= 15 is 0 Å². The van der Waals surface area contributed by atoms with E-state index < -0.39 is 12.0 Å². The second-order valence-electron chi connectivity index (χ2n) is 5.54. The Morgan fingerprint density at radius 3 is 2.35 bits per heavy atom. The second-order valence-corrected chi connectivity index (χ2v) is 5.54. The Labute approximate surface area is 152 Å². The molecule has 1 unspecified atom stereocenters. The van der Waals surface area contributed by atoms with Crippen molar-refractivity contribution in [3.05, 3.63) is 59.7 Å². The number of primary amides is 1. The molecule has 7 nitrogen and oxygen atoms in total. The first-order chi connectivity index (χ1) is 12.6. The average Bonchev–Trinajstić information content (AvgIpc) is 2.67. The van der Waals surface area contributed by atoms with Crippen molar-refractivity contribution in [3.8, 4) is 17.6 Å². The summed E-state index contributed by atoms with van der Waals surface area (Å²) in [4.78, 5) is 11.0. The molecule has 0 saturated carbocycles. The number of rotatable bonds is 10. The van der Waals surface area contributed by atoms with E-state index in [4.69, 9.17) is 20.5 Å². The van der Waals surface area contributed by atoms with Crippen molar-refractivity contribution in [2.75, 3.05) is 26.3 Å². The van der Waals surface area contributed by atoms with Gasteiger partial charge in [-0.3, -0.25) is 4.79 Å². The Hall–Kier alpha value is -3.08. The summed E-state index contributed by atoms with van der Waals surface area (Å²) in [6, 6.07) is 15.3. The third-order valence-electron chi connectivity index (χ3n) is 3.49. The minimum atomic E-state index is -0.666. The monoisotopic (exact) mass is 355 g/mol. The maximum Gasteiger partial charge on any atom is 0.248 e. The molecular formula is C19H21N3O4. The van der Waals surface area contributed by atoms with Crippen molar-refractivity contribution in [2.24, 2.45) is 5.73 Å². The molecule has 0 aliphatic carbocycles. The summed E-state index contributed by atoms with van der Waals surface area (Å²) in [5.41, 5.74) is 6.16. The Morgan fingerprint density at radius 2 is 1.73 bits per heavy atom. The van der Waals surface area contributed by atoms with Gasteiger partial charge in [-0.15, -0.1) is 0 Å². The standard InChI is InChI=1S/C19H21N3O4/c20-11-14-1-5-18(6-2-14)26-13-16(23)12-22-9-10-25-17-7-3-15(4-8-17)19(21)24/h1-8,16,22-23H,9-10,12-13H2,(H2,21,24). The molecule has 2 aromatic rings. The van der Waals surface area contributed by atoms with Gasteiger partial charge in [0.05, 0.1) is 11.6 Å². The van der Waals surface area contributed by atoms with Gasteiger partial charge in [0.25, 0.3) is 0 Å². The summed E-state index contributed by atoms with van der Waals surface area (Å²) in [7, 11) is 0. The predicted octanol–water partition coefficient (Wildman–Crippen LogP) is 1.07. The molecule has 0 radical (unpaired) electrons. The largest absolute Gasteiger partial charge is 0.492 e. The summed E-state index contributed by atoms with van der Waals surface area (Å²) in [5, 5.41) is 21.7. The first kappa shape index (κ1) is 19.2. The molecule has 2 aromatic carbocycles. The summed E-state index contributed by atoms with van der Waals surface area (Å²) < 4.78 is 11.0. The molecule has 0 bridgehead atoms. The summed E-state index contributed by atoms with van der Waals surface area (Å²) in [6.45, 7) is 1.47. The van der Waals surface area contributed by atoms with Crippen LogP contribution in [0.4, 0.5) is 0 Å². The maximum atomic E-state index is 11.0.